The van der Waals surface area contributed by atoms with Gasteiger partial charge in [-0.3, -0.25) is 14.9 Å². The Morgan fingerprint density at radius 1 is 1.03 bits per heavy atom. The predicted octanol–water partition coefficient (Wildman–Crippen LogP) is 3.26. The van der Waals surface area contributed by atoms with Crippen LogP contribution in [0.3, 0.4) is 0 Å². The van der Waals surface area contributed by atoms with Crippen LogP contribution in [0.25, 0.3) is 0 Å². The summed E-state index contributed by atoms with van der Waals surface area (Å²) in [6, 6.07) is 14.5. The summed E-state index contributed by atoms with van der Waals surface area (Å²) < 4.78 is 11.1. The Bertz CT molecular complexity index is 1030. The Hall–Kier alpha value is -3.11. The fourth-order valence-electron chi connectivity index (χ4n) is 2.64. The van der Waals surface area contributed by atoms with E-state index < -0.39 is 0 Å². The molecule has 162 valence electrons. The molecule has 3 rings (SSSR count). The monoisotopic (exact) mass is 458 g/mol. The molecular weight excluding hydrogens is 436 g/mol. The Labute approximate surface area is 188 Å². The van der Waals surface area contributed by atoms with Crippen molar-refractivity contribution in [3.05, 3.63) is 59.7 Å². The van der Waals surface area contributed by atoms with Crippen LogP contribution in [0.15, 0.2) is 52.9 Å². The molecule has 3 aromatic rings. The number of rotatable bonds is 10. The van der Waals surface area contributed by atoms with Crippen molar-refractivity contribution in [1.82, 2.24) is 15.5 Å². The first-order valence-electron chi connectivity index (χ1n) is 9.39. The SMILES string of the molecule is COc1ccc(CCNC(=O)CSc2nnc(NC(=O)c3ccccc3)s2)cc1OC. The number of hydrogen-bond acceptors (Lipinski definition) is 8. The van der Waals surface area contributed by atoms with Crippen LogP contribution in [0.1, 0.15) is 15.9 Å². The summed E-state index contributed by atoms with van der Waals surface area (Å²) >= 11 is 2.50. The van der Waals surface area contributed by atoms with Crippen LogP contribution in [0.4, 0.5) is 5.13 Å². The molecule has 8 nitrogen and oxygen atoms in total. The van der Waals surface area contributed by atoms with E-state index in [4.69, 9.17) is 9.47 Å². The minimum Gasteiger partial charge on any atom is -0.493 e. The largest absolute Gasteiger partial charge is 0.493 e. The lowest BCUT2D eigenvalue weighted by atomic mass is 10.1. The molecule has 0 saturated heterocycles. The zero-order chi connectivity index (χ0) is 22.1. The molecule has 10 heteroatoms. The first-order chi connectivity index (χ1) is 15.1. The third-order valence-corrected chi connectivity index (χ3v) is 6.15. The van der Waals surface area contributed by atoms with Gasteiger partial charge in [-0.2, -0.15) is 0 Å². The van der Waals surface area contributed by atoms with Crippen LogP contribution < -0.4 is 20.1 Å². The van der Waals surface area contributed by atoms with Crippen molar-refractivity contribution in [1.29, 1.82) is 0 Å². The second-order valence-electron chi connectivity index (χ2n) is 6.27. The highest BCUT2D eigenvalue weighted by Gasteiger charge is 2.12. The van der Waals surface area contributed by atoms with Gasteiger partial charge in [0, 0.05) is 12.1 Å². The Morgan fingerprint density at radius 2 is 1.81 bits per heavy atom. The summed E-state index contributed by atoms with van der Waals surface area (Å²) in [7, 11) is 3.18. The summed E-state index contributed by atoms with van der Waals surface area (Å²) in [5.74, 6) is 1.20. The van der Waals surface area contributed by atoms with Gasteiger partial charge in [-0.25, -0.2) is 0 Å². The zero-order valence-electron chi connectivity index (χ0n) is 17.1. The zero-order valence-corrected chi connectivity index (χ0v) is 18.7. The molecular formula is C21H22N4O4S2. The third-order valence-electron chi connectivity index (χ3n) is 4.17. The maximum atomic E-state index is 12.1. The quantitative estimate of drug-likeness (QED) is 0.355. The molecule has 2 aromatic carbocycles. The van der Waals surface area contributed by atoms with Crippen molar-refractivity contribution >= 4 is 40.0 Å². The van der Waals surface area contributed by atoms with Crippen molar-refractivity contribution in [3.63, 3.8) is 0 Å². The smallest absolute Gasteiger partial charge is 0.257 e. The van der Waals surface area contributed by atoms with E-state index in [1.165, 1.54) is 23.1 Å². The van der Waals surface area contributed by atoms with E-state index in [1.54, 1.807) is 38.5 Å². The van der Waals surface area contributed by atoms with E-state index in [9.17, 15) is 9.59 Å². The number of nitrogens with one attached hydrogen (secondary N) is 2. The second kappa shape index (κ2) is 11.3. The van der Waals surface area contributed by atoms with Crippen molar-refractivity contribution in [2.24, 2.45) is 0 Å². The molecule has 0 aliphatic heterocycles. The van der Waals surface area contributed by atoms with Crippen molar-refractivity contribution in [2.75, 3.05) is 31.8 Å². The van der Waals surface area contributed by atoms with Crippen LogP contribution in [0.5, 0.6) is 11.5 Å². The Kier molecular flexibility index (Phi) is 8.25. The fraction of sp³-hybridized carbons (Fsp3) is 0.238. The molecule has 0 fully saturated rings. The van der Waals surface area contributed by atoms with Gasteiger partial charge in [-0.1, -0.05) is 47.4 Å². The molecule has 0 saturated carbocycles. The predicted molar refractivity (Wildman–Crippen MR) is 121 cm³/mol. The molecule has 0 bridgehead atoms. The normalized spacial score (nSPS) is 10.4. The molecule has 0 unspecified atom stereocenters. The number of carbonyl (C=O) groups excluding carboxylic acids is 2. The standard InChI is InChI=1S/C21H22N4O4S2/c1-28-16-9-8-14(12-17(16)29-2)10-11-22-18(26)13-30-21-25-24-20(31-21)23-19(27)15-6-4-3-5-7-15/h3-9,12H,10-11,13H2,1-2H3,(H,22,26)(H,23,24,27). The van der Waals surface area contributed by atoms with E-state index in [-0.39, 0.29) is 17.6 Å². The van der Waals surface area contributed by atoms with E-state index in [2.05, 4.69) is 20.8 Å². The highest BCUT2D eigenvalue weighted by Crippen LogP contribution is 2.28. The van der Waals surface area contributed by atoms with Crippen LogP contribution in [-0.4, -0.2) is 48.5 Å². The molecule has 1 aromatic heterocycles. The third kappa shape index (κ3) is 6.69. The van der Waals surface area contributed by atoms with Crippen LogP contribution in [0.2, 0.25) is 0 Å². The number of aromatic nitrogens is 2. The number of amides is 2. The number of nitrogens with zero attached hydrogens (tertiary/aromatic N) is 2. The van der Waals surface area contributed by atoms with Crippen LogP contribution >= 0.6 is 23.1 Å². The second-order valence-corrected chi connectivity index (χ2v) is 8.47. The van der Waals surface area contributed by atoms with E-state index in [1.807, 2.05) is 24.3 Å². The van der Waals surface area contributed by atoms with Gasteiger partial charge in [0.15, 0.2) is 15.8 Å². The molecule has 2 N–H and O–H groups in total. The molecule has 0 aliphatic rings. The summed E-state index contributed by atoms with van der Waals surface area (Å²) in [5, 5.41) is 13.9. The number of benzene rings is 2. The van der Waals surface area contributed by atoms with Crippen molar-refractivity contribution < 1.29 is 19.1 Å². The summed E-state index contributed by atoms with van der Waals surface area (Å²) in [5.41, 5.74) is 1.58. The van der Waals surface area contributed by atoms with E-state index in [0.29, 0.717) is 39.5 Å². The van der Waals surface area contributed by atoms with Gasteiger partial charge >= 0.3 is 0 Å². The van der Waals surface area contributed by atoms with Crippen LogP contribution in [0, 0.1) is 0 Å². The lowest BCUT2D eigenvalue weighted by molar-refractivity contribution is -0.118. The first kappa shape index (κ1) is 22.6. The van der Waals surface area contributed by atoms with Crippen molar-refractivity contribution in [2.45, 2.75) is 10.8 Å². The molecule has 0 aliphatic carbocycles. The molecule has 1 heterocycles. The highest BCUT2D eigenvalue weighted by atomic mass is 32.2. The number of thioether (sulfide) groups is 1. The fourth-order valence-corrected chi connectivity index (χ4v) is 4.22. The van der Waals surface area contributed by atoms with Crippen molar-refractivity contribution in [3.8, 4) is 11.5 Å². The summed E-state index contributed by atoms with van der Waals surface area (Å²) in [4.78, 5) is 24.3. The first-order valence-corrected chi connectivity index (χ1v) is 11.2. The van der Waals surface area contributed by atoms with Gasteiger partial charge in [0.25, 0.3) is 5.91 Å². The topological polar surface area (TPSA) is 102 Å². The van der Waals surface area contributed by atoms with E-state index in [0.717, 1.165) is 5.56 Å². The van der Waals surface area contributed by atoms with Gasteiger partial charge in [0.05, 0.1) is 20.0 Å². The molecule has 2 amide bonds. The number of methoxy groups -OCH3 is 2. The van der Waals surface area contributed by atoms with Gasteiger partial charge in [0.1, 0.15) is 0 Å². The summed E-state index contributed by atoms with van der Waals surface area (Å²) in [6.07, 6.45) is 0.672. The number of ether oxygens (including phenoxy) is 2. The van der Waals surface area contributed by atoms with Gasteiger partial charge in [-0.05, 0) is 36.2 Å². The minimum absolute atomic E-state index is 0.101. The van der Waals surface area contributed by atoms with Gasteiger partial charge < -0.3 is 14.8 Å². The number of carbonyl (C=O) groups is 2. The maximum Gasteiger partial charge on any atom is 0.257 e. The average molecular weight is 459 g/mol. The van der Waals surface area contributed by atoms with Crippen LogP contribution in [-0.2, 0) is 11.2 Å². The molecule has 0 radical (unpaired) electrons. The van der Waals surface area contributed by atoms with Gasteiger partial charge in [-0.15, -0.1) is 10.2 Å². The number of anilines is 1. The minimum atomic E-state index is -0.249. The maximum absolute atomic E-state index is 12.1. The molecule has 0 spiro atoms. The lowest BCUT2D eigenvalue weighted by Gasteiger charge is -2.10. The van der Waals surface area contributed by atoms with Gasteiger partial charge in [0.2, 0.25) is 11.0 Å². The molecule has 0 atom stereocenters. The Morgan fingerprint density at radius 3 is 2.55 bits per heavy atom. The lowest BCUT2D eigenvalue weighted by Crippen LogP contribution is -2.27. The highest BCUT2D eigenvalue weighted by molar-refractivity contribution is 8.01. The molecule has 31 heavy (non-hydrogen) atoms. The average Bonchev–Trinajstić information content (AvgIpc) is 3.25. The van der Waals surface area contributed by atoms with E-state index >= 15 is 0 Å². The Balaban J connectivity index is 1.40. The summed E-state index contributed by atoms with van der Waals surface area (Å²) in [6.45, 7) is 0.503. The number of hydrogen-bond donors (Lipinski definition) is 2.